The summed E-state index contributed by atoms with van der Waals surface area (Å²) >= 11 is 0. The molecule has 0 heterocycles. The Balaban J connectivity index is -0.0000000450. The van der Waals surface area contributed by atoms with Crippen molar-refractivity contribution in [3.63, 3.8) is 0 Å². The van der Waals surface area contributed by atoms with Crippen molar-refractivity contribution in [3.05, 3.63) is 6.92 Å². The van der Waals surface area contributed by atoms with Gasteiger partial charge in [0.1, 0.15) is 0 Å². The van der Waals surface area contributed by atoms with E-state index in [1.165, 1.54) is 0 Å². The van der Waals surface area contributed by atoms with Crippen molar-refractivity contribution in [2.75, 3.05) is 0 Å². The van der Waals surface area contributed by atoms with E-state index in [1.54, 1.807) is 0 Å². The minimum Gasteiger partial charge on any atom is -1.00 e. The van der Waals surface area contributed by atoms with Gasteiger partial charge in [-0.05, 0) is 0 Å². The molecule has 0 rings (SSSR count). The molecule has 0 saturated heterocycles. The van der Waals surface area contributed by atoms with E-state index in [0.29, 0.717) is 5.92 Å². The van der Waals surface area contributed by atoms with E-state index in [0.717, 1.165) is 0 Å². The van der Waals surface area contributed by atoms with Gasteiger partial charge in [0.25, 0.3) is 0 Å². The Hall–Kier alpha value is 1.50. The zero-order chi connectivity index (χ0) is 3.58. The van der Waals surface area contributed by atoms with Crippen LogP contribution in [-0.4, -0.2) is 23.1 Å². The molecule has 0 aromatic rings. The Morgan fingerprint density at radius 3 is 1.33 bits per heavy atom. The first-order valence-electron chi connectivity index (χ1n) is 1.56. The third-order valence-electron chi connectivity index (χ3n) is 0. The van der Waals surface area contributed by atoms with Gasteiger partial charge in [0, 0.05) is 0 Å². The molecule has 0 spiro atoms. The molecule has 0 aromatic carbocycles. The van der Waals surface area contributed by atoms with E-state index in [-0.39, 0.29) is 47.0 Å². The average molecular weight is 208 g/mol. The van der Waals surface area contributed by atoms with Crippen LogP contribution in [0.3, 0.4) is 0 Å². The fraction of sp³-hybridized carbons (Fsp3) is 0.750. The molecular weight excluding hydrogens is 199 g/mol. The zero-order valence-corrected chi connectivity index (χ0v) is 7.94. The summed E-state index contributed by atoms with van der Waals surface area (Å²) in [7, 11) is 0. The van der Waals surface area contributed by atoms with Crippen LogP contribution >= 0.6 is 0 Å². The van der Waals surface area contributed by atoms with Crippen LogP contribution in [0, 0.1) is 12.8 Å². The molecular formula is C4H9IMg. The summed E-state index contributed by atoms with van der Waals surface area (Å²) in [6, 6.07) is 0. The molecule has 0 aromatic heterocycles. The zero-order valence-electron chi connectivity index (χ0n) is 4.37. The molecule has 6 heavy (non-hydrogen) atoms. The van der Waals surface area contributed by atoms with Gasteiger partial charge in [-0.25, -0.2) is 0 Å². The SMILES string of the molecule is [CH2-]C(C)C.[I-].[Mg+2]. The first-order valence-corrected chi connectivity index (χ1v) is 1.56. The molecule has 0 atom stereocenters. The fourth-order valence-corrected chi connectivity index (χ4v) is 0. The topological polar surface area (TPSA) is 0 Å². The standard InChI is InChI=1S/C4H9.HI.Mg/c1-4(2)3;;/h4H,1H2,2-3H3;1H;/q-1;;+2/p-1. The predicted octanol–water partition coefficient (Wildman–Crippen LogP) is -1.90. The smallest absolute Gasteiger partial charge is 1.00 e. The van der Waals surface area contributed by atoms with Crippen molar-refractivity contribution in [3.8, 4) is 0 Å². The molecule has 0 bridgehead atoms. The van der Waals surface area contributed by atoms with Crippen LogP contribution < -0.4 is 24.0 Å². The molecule has 0 aliphatic carbocycles. The van der Waals surface area contributed by atoms with Crippen molar-refractivity contribution >= 4 is 23.1 Å². The molecule has 0 aliphatic heterocycles. The van der Waals surface area contributed by atoms with Crippen molar-refractivity contribution in [2.24, 2.45) is 5.92 Å². The minimum atomic E-state index is 0. The van der Waals surface area contributed by atoms with E-state index in [4.69, 9.17) is 0 Å². The van der Waals surface area contributed by atoms with Crippen molar-refractivity contribution < 1.29 is 24.0 Å². The molecule has 0 nitrogen and oxygen atoms in total. The molecule has 0 saturated carbocycles. The number of halogens is 1. The summed E-state index contributed by atoms with van der Waals surface area (Å²) in [4.78, 5) is 0. The second-order valence-corrected chi connectivity index (χ2v) is 1.39. The second-order valence-electron chi connectivity index (χ2n) is 1.39. The molecule has 0 fully saturated rings. The molecule has 0 aliphatic rings. The molecule has 0 unspecified atom stereocenters. The molecule has 0 radical (unpaired) electrons. The summed E-state index contributed by atoms with van der Waals surface area (Å²) in [6.07, 6.45) is 0. The van der Waals surface area contributed by atoms with E-state index in [9.17, 15) is 0 Å². The average Bonchev–Trinajstić information content (AvgIpc) is 0.811. The van der Waals surface area contributed by atoms with Crippen LogP contribution in [0.5, 0.6) is 0 Å². The van der Waals surface area contributed by atoms with Gasteiger partial charge in [-0.1, -0.05) is 13.8 Å². The summed E-state index contributed by atoms with van der Waals surface area (Å²) in [5, 5.41) is 0. The van der Waals surface area contributed by atoms with Crippen molar-refractivity contribution in [1.29, 1.82) is 0 Å². The van der Waals surface area contributed by atoms with Gasteiger partial charge >= 0.3 is 23.1 Å². The predicted molar refractivity (Wildman–Crippen MR) is 25.9 cm³/mol. The maximum atomic E-state index is 3.64. The fourth-order valence-electron chi connectivity index (χ4n) is 0. The summed E-state index contributed by atoms with van der Waals surface area (Å²) in [5.74, 6) is 0.583. The first kappa shape index (κ1) is 15.6. The monoisotopic (exact) mass is 208 g/mol. The Labute approximate surface area is 73.2 Å². The van der Waals surface area contributed by atoms with Crippen LogP contribution in [-0.2, 0) is 0 Å². The third kappa shape index (κ3) is 49.6. The maximum absolute atomic E-state index is 3.64. The van der Waals surface area contributed by atoms with Gasteiger partial charge in [-0.3, -0.25) is 0 Å². The third-order valence-corrected chi connectivity index (χ3v) is 0. The van der Waals surface area contributed by atoms with E-state index < -0.39 is 0 Å². The first-order chi connectivity index (χ1) is 1.73. The molecule has 0 N–H and O–H groups in total. The molecule has 0 amide bonds. The van der Waals surface area contributed by atoms with Crippen molar-refractivity contribution in [1.82, 2.24) is 0 Å². The summed E-state index contributed by atoms with van der Waals surface area (Å²) < 4.78 is 0. The van der Waals surface area contributed by atoms with E-state index >= 15 is 0 Å². The maximum Gasteiger partial charge on any atom is 2.00 e. The van der Waals surface area contributed by atoms with Crippen LogP contribution in [0.15, 0.2) is 0 Å². The van der Waals surface area contributed by atoms with Gasteiger partial charge < -0.3 is 30.9 Å². The van der Waals surface area contributed by atoms with E-state index in [2.05, 4.69) is 20.8 Å². The van der Waals surface area contributed by atoms with Gasteiger partial charge in [0.05, 0.1) is 0 Å². The Morgan fingerprint density at radius 2 is 1.33 bits per heavy atom. The van der Waals surface area contributed by atoms with Crippen LogP contribution in [0.4, 0.5) is 0 Å². The van der Waals surface area contributed by atoms with Crippen LogP contribution in [0.25, 0.3) is 0 Å². The van der Waals surface area contributed by atoms with Crippen LogP contribution in [0.1, 0.15) is 13.8 Å². The van der Waals surface area contributed by atoms with Gasteiger partial charge in [0.2, 0.25) is 0 Å². The van der Waals surface area contributed by atoms with Gasteiger partial charge in [-0.2, -0.15) is 5.92 Å². The Morgan fingerprint density at radius 1 is 1.33 bits per heavy atom. The number of hydrogen-bond donors (Lipinski definition) is 0. The van der Waals surface area contributed by atoms with Crippen LogP contribution in [0.2, 0.25) is 0 Å². The van der Waals surface area contributed by atoms with Gasteiger partial charge in [-0.15, -0.1) is 0 Å². The van der Waals surface area contributed by atoms with Gasteiger partial charge in [0.15, 0.2) is 0 Å². The minimum absolute atomic E-state index is 0. The quantitative estimate of drug-likeness (QED) is 0.248. The summed E-state index contributed by atoms with van der Waals surface area (Å²) in [5.41, 5.74) is 0. The normalized spacial score (nSPS) is 6.00. The molecule has 2 heteroatoms. The molecule has 34 valence electrons. The van der Waals surface area contributed by atoms with Crippen molar-refractivity contribution in [2.45, 2.75) is 13.8 Å². The largest absolute Gasteiger partial charge is 2.00 e. The number of hydrogen-bond acceptors (Lipinski definition) is 0. The Bertz CT molecular complexity index is 12.3. The second kappa shape index (κ2) is 9.71. The van der Waals surface area contributed by atoms with E-state index in [1.807, 2.05) is 0 Å². The number of rotatable bonds is 0. The summed E-state index contributed by atoms with van der Waals surface area (Å²) in [6.45, 7) is 7.75. The Kier molecular flexibility index (Phi) is 25.3.